The van der Waals surface area contributed by atoms with E-state index in [-0.39, 0.29) is 30.5 Å². The first-order valence-corrected chi connectivity index (χ1v) is 8.16. The van der Waals surface area contributed by atoms with E-state index in [0.717, 1.165) is 18.7 Å². The highest BCUT2D eigenvalue weighted by atomic mass is 127. The highest BCUT2D eigenvalue weighted by Gasteiger charge is 2.24. The van der Waals surface area contributed by atoms with Gasteiger partial charge in [0.1, 0.15) is 5.60 Å². The third kappa shape index (κ3) is 8.84. The van der Waals surface area contributed by atoms with Crippen LogP contribution in [0.1, 0.15) is 33.3 Å². The fourth-order valence-electron chi connectivity index (χ4n) is 1.93. The zero-order chi connectivity index (χ0) is 17.3. The van der Waals surface area contributed by atoms with E-state index in [9.17, 15) is 5.11 Å². The molecule has 1 heterocycles. The summed E-state index contributed by atoms with van der Waals surface area (Å²) in [5.41, 5.74) is -0.301. The summed E-state index contributed by atoms with van der Waals surface area (Å²) in [6, 6.07) is 0. The number of halogens is 1. The van der Waals surface area contributed by atoms with Crippen molar-refractivity contribution in [3.63, 3.8) is 0 Å². The van der Waals surface area contributed by atoms with Crippen LogP contribution in [0.2, 0.25) is 0 Å². The Labute approximate surface area is 162 Å². The van der Waals surface area contributed by atoms with E-state index < -0.39 is 5.60 Å². The minimum atomic E-state index is -1.05. The van der Waals surface area contributed by atoms with Crippen LogP contribution in [-0.4, -0.2) is 53.7 Å². The SMILES string of the molecule is CCNC(=NCC(C)(O)c1cnn(C)c1)NCCOCC(C)C.I. The molecule has 0 aromatic carbocycles. The van der Waals surface area contributed by atoms with Crippen LogP contribution in [0.5, 0.6) is 0 Å². The molecule has 0 aliphatic carbocycles. The average molecular weight is 453 g/mol. The van der Waals surface area contributed by atoms with Crippen LogP contribution in [0.25, 0.3) is 0 Å². The molecule has 0 saturated carbocycles. The molecular weight excluding hydrogens is 421 g/mol. The van der Waals surface area contributed by atoms with Gasteiger partial charge in [-0.05, 0) is 19.8 Å². The number of rotatable bonds is 9. The second-order valence-corrected chi connectivity index (χ2v) is 6.27. The number of aryl methyl sites for hydroxylation is 1. The first-order chi connectivity index (χ1) is 10.8. The number of aliphatic imine (C=N–C) groups is 1. The number of hydrogen-bond acceptors (Lipinski definition) is 4. The van der Waals surface area contributed by atoms with Gasteiger partial charge in [0.2, 0.25) is 0 Å². The van der Waals surface area contributed by atoms with Crippen molar-refractivity contribution in [3.8, 4) is 0 Å². The van der Waals surface area contributed by atoms with Crippen LogP contribution in [-0.2, 0) is 17.4 Å². The van der Waals surface area contributed by atoms with E-state index >= 15 is 0 Å². The zero-order valence-corrected chi connectivity index (χ0v) is 17.7. The molecule has 0 saturated heterocycles. The van der Waals surface area contributed by atoms with Gasteiger partial charge in [0.15, 0.2) is 5.96 Å². The van der Waals surface area contributed by atoms with Gasteiger partial charge in [0.05, 0.1) is 19.3 Å². The van der Waals surface area contributed by atoms with E-state index in [1.165, 1.54) is 0 Å². The molecule has 1 aromatic rings. The fourth-order valence-corrected chi connectivity index (χ4v) is 1.93. The van der Waals surface area contributed by atoms with Gasteiger partial charge >= 0.3 is 0 Å². The van der Waals surface area contributed by atoms with Gasteiger partial charge in [-0.15, -0.1) is 24.0 Å². The third-order valence-corrected chi connectivity index (χ3v) is 3.21. The maximum atomic E-state index is 10.5. The Hall–Kier alpha value is -0.870. The van der Waals surface area contributed by atoms with Gasteiger partial charge in [0.25, 0.3) is 0 Å². The topological polar surface area (TPSA) is 83.7 Å². The molecule has 1 rings (SSSR count). The van der Waals surface area contributed by atoms with Gasteiger partial charge < -0.3 is 20.5 Å². The van der Waals surface area contributed by atoms with Crippen molar-refractivity contribution < 1.29 is 9.84 Å². The van der Waals surface area contributed by atoms with Crippen LogP contribution in [0.4, 0.5) is 0 Å². The largest absolute Gasteiger partial charge is 0.383 e. The van der Waals surface area contributed by atoms with Gasteiger partial charge in [-0.1, -0.05) is 13.8 Å². The standard InChI is InChI=1S/C16H31N5O2.HI/c1-6-17-15(18-7-8-23-11-13(2)3)19-12-16(4,22)14-9-20-21(5)10-14;/h9-10,13,22H,6-8,11-12H2,1-5H3,(H2,17,18,19);1H. The predicted molar refractivity (Wildman–Crippen MR) is 108 cm³/mol. The first kappa shape index (κ1) is 23.1. The van der Waals surface area contributed by atoms with E-state index in [4.69, 9.17) is 4.74 Å². The number of hydrogen-bond donors (Lipinski definition) is 3. The summed E-state index contributed by atoms with van der Waals surface area (Å²) in [6.07, 6.45) is 3.46. The van der Waals surface area contributed by atoms with Crippen molar-refractivity contribution in [3.05, 3.63) is 18.0 Å². The summed E-state index contributed by atoms with van der Waals surface area (Å²) in [6.45, 7) is 11.1. The minimum absolute atomic E-state index is 0. The highest BCUT2D eigenvalue weighted by molar-refractivity contribution is 14.0. The third-order valence-electron chi connectivity index (χ3n) is 3.21. The van der Waals surface area contributed by atoms with E-state index in [0.29, 0.717) is 25.0 Å². The van der Waals surface area contributed by atoms with Gasteiger partial charge in [0, 0.05) is 38.5 Å². The molecule has 0 radical (unpaired) electrons. The molecule has 0 amide bonds. The lowest BCUT2D eigenvalue weighted by Crippen LogP contribution is -2.40. The molecule has 0 fully saturated rings. The Kier molecular flexibility index (Phi) is 11.2. The van der Waals surface area contributed by atoms with Crippen molar-refractivity contribution in [2.24, 2.45) is 18.0 Å². The van der Waals surface area contributed by atoms with Crippen molar-refractivity contribution in [2.45, 2.75) is 33.3 Å². The number of aliphatic hydroxyl groups is 1. The summed E-state index contributed by atoms with van der Waals surface area (Å²) in [5.74, 6) is 1.20. The molecule has 1 aromatic heterocycles. The lowest BCUT2D eigenvalue weighted by atomic mass is 10.0. The smallest absolute Gasteiger partial charge is 0.191 e. The fraction of sp³-hybridized carbons (Fsp3) is 0.750. The van der Waals surface area contributed by atoms with Crippen molar-refractivity contribution in [1.82, 2.24) is 20.4 Å². The predicted octanol–water partition coefficient (Wildman–Crippen LogP) is 1.47. The lowest BCUT2D eigenvalue weighted by Gasteiger charge is -2.20. The maximum absolute atomic E-state index is 10.5. The molecule has 7 nitrogen and oxygen atoms in total. The van der Waals surface area contributed by atoms with E-state index in [1.807, 2.05) is 14.0 Å². The Morgan fingerprint density at radius 1 is 1.46 bits per heavy atom. The summed E-state index contributed by atoms with van der Waals surface area (Å²) in [4.78, 5) is 4.46. The molecule has 3 N–H and O–H groups in total. The lowest BCUT2D eigenvalue weighted by molar-refractivity contribution is 0.0671. The van der Waals surface area contributed by atoms with E-state index in [2.05, 4.69) is 34.6 Å². The highest BCUT2D eigenvalue weighted by Crippen LogP contribution is 2.19. The van der Waals surface area contributed by atoms with Crippen LogP contribution in [0.15, 0.2) is 17.4 Å². The van der Waals surface area contributed by atoms with Crippen molar-refractivity contribution in [1.29, 1.82) is 0 Å². The second-order valence-electron chi connectivity index (χ2n) is 6.27. The quantitative estimate of drug-likeness (QED) is 0.228. The molecule has 8 heteroatoms. The average Bonchev–Trinajstić information content (AvgIpc) is 2.91. The summed E-state index contributed by atoms with van der Waals surface area (Å²) in [5, 5.41) is 21.0. The van der Waals surface area contributed by atoms with Gasteiger partial charge in [-0.3, -0.25) is 4.68 Å². The molecule has 0 bridgehead atoms. The van der Waals surface area contributed by atoms with Gasteiger partial charge in [-0.2, -0.15) is 5.10 Å². The first-order valence-electron chi connectivity index (χ1n) is 8.16. The van der Waals surface area contributed by atoms with Crippen LogP contribution in [0, 0.1) is 5.92 Å². The van der Waals surface area contributed by atoms with Crippen LogP contribution in [0.3, 0.4) is 0 Å². The molecule has 0 aliphatic heterocycles. The van der Waals surface area contributed by atoms with Crippen molar-refractivity contribution in [2.75, 3.05) is 32.8 Å². The van der Waals surface area contributed by atoms with Gasteiger partial charge in [-0.25, -0.2) is 4.99 Å². The molecule has 1 atom stereocenters. The maximum Gasteiger partial charge on any atom is 0.191 e. The van der Waals surface area contributed by atoms with Crippen molar-refractivity contribution >= 4 is 29.9 Å². The number of aromatic nitrogens is 2. The minimum Gasteiger partial charge on any atom is -0.383 e. The van der Waals surface area contributed by atoms with Crippen LogP contribution < -0.4 is 10.6 Å². The Morgan fingerprint density at radius 3 is 2.71 bits per heavy atom. The normalized spacial score (nSPS) is 14.2. The number of guanidine groups is 1. The monoisotopic (exact) mass is 453 g/mol. The Morgan fingerprint density at radius 2 is 2.17 bits per heavy atom. The molecule has 1 unspecified atom stereocenters. The number of ether oxygens (including phenoxy) is 1. The molecule has 24 heavy (non-hydrogen) atoms. The molecule has 0 aliphatic rings. The summed E-state index contributed by atoms with van der Waals surface area (Å²) >= 11 is 0. The Balaban J connectivity index is 0.00000529. The summed E-state index contributed by atoms with van der Waals surface area (Å²) < 4.78 is 7.21. The molecule has 0 spiro atoms. The molecule has 140 valence electrons. The zero-order valence-electron chi connectivity index (χ0n) is 15.4. The summed E-state index contributed by atoms with van der Waals surface area (Å²) in [7, 11) is 1.83. The Bertz CT molecular complexity index is 489. The number of nitrogens with zero attached hydrogens (tertiary/aromatic N) is 3. The number of nitrogens with one attached hydrogen (secondary N) is 2. The molecular formula is C16H32IN5O2. The van der Waals surface area contributed by atoms with E-state index in [1.54, 1.807) is 24.0 Å². The van der Waals surface area contributed by atoms with Crippen LogP contribution >= 0.6 is 24.0 Å². The second kappa shape index (κ2) is 11.6.